The lowest BCUT2D eigenvalue weighted by atomic mass is 10.0. The lowest BCUT2D eigenvalue weighted by Crippen LogP contribution is -2.47. The van der Waals surface area contributed by atoms with Crippen molar-refractivity contribution in [2.24, 2.45) is 5.73 Å². The van der Waals surface area contributed by atoms with E-state index in [9.17, 15) is 4.79 Å². The van der Waals surface area contributed by atoms with E-state index in [0.717, 1.165) is 30.7 Å². The summed E-state index contributed by atoms with van der Waals surface area (Å²) in [5.74, 6) is 1.12. The van der Waals surface area contributed by atoms with E-state index in [0.29, 0.717) is 6.54 Å². The van der Waals surface area contributed by atoms with E-state index < -0.39 is 0 Å². The Morgan fingerprint density at radius 3 is 2.74 bits per heavy atom. The highest BCUT2D eigenvalue weighted by Crippen LogP contribution is 2.19. The fraction of sp³-hybridized carbons (Fsp3) is 0.533. The molecule has 3 nitrogen and oxygen atoms in total. The fourth-order valence-corrected chi connectivity index (χ4v) is 3.11. The monoisotopic (exact) mass is 278 g/mol. The molecule has 1 atom stereocenters. The van der Waals surface area contributed by atoms with Gasteiger partial charge in [-0.3, -0.25) is 4.79 Å². The molecule has 1 aliphatic heterocycles. The Morgan fingerprint density at radius 1 is 1.37 bits per heavy atom. The summed E-state index contributed by atoms with van der Waals surface area (Å²) in [5.41, 5.74) is 7.82. The van der Waals surface area contributed by atoms with Crippen LogP contribution in [0.3, 0.4) is 0 Å². The molecule has 2 rings (SSSR count). The van der Waals surface area contributed by atoms with Gasteiger partial charge in [-0.25, -0.2) is 0 Å². The third kappa shape index (κ3) is 3.51. The lowest BCUT2D eigenvalue weighted by Gasteiger charge is -2.35. The van der Waals surface area contributed by atoms with Crippen molar-refractivity contribution in [2.45, 2.75) is 31.1 Å². The second-order valence-corrected chi connectivity index (χ2v) is 5.88. The maximum Gasteiger partial charge on any atom is 0.254 e. The summed E-state index contributed by atoms with van der Waals surface area (Å²) in [6.07, 6.45) is 5.39. The Balaban J connectivity index is 2.09. The molecule has 0 unspecified atom stereocenters. The van der Waals surface area contributed by atoms with Crippen LogP contribution in [0.1, 0.15) is 35.2 Å². The van der Waals surface area contributed by atoms with Crippen LogP contribution < -0.4 is 5.73 Å². The number of rotatable bonds is 4. The Labute approximate surface area is 119 Å². The smallest absolute Gasteiger partial charge is 0.254 e. The number of piperidine rings is 1. The van der Waals surface area contributed by atoms with Crippen LogP contribution in [0.2, 0.25) is 0 Å². The number of nitrogens with two attached hydrogens (primary N) is 1. The van der Waals surface area contributed by atoms with Crippen LogP contribution in [0.15, 0.2) is 24.3 Å². The number of thioether (sulfide) groups is 1. The molecule has 0 radical (unpaired) electrons. The highest BCUT2D eigenvalue weighted by molar-refractivity contribution is 7.97. The molecule has 1 aromatic carbocycles. The van der Waals surface area contributed by atoms with Crippen molar-refractivity contribution in [3.63, 3.8) is 0 Å². The molecule has 2 N–H and O–H groups in total. The third-order valence-corrected chi connectivity index (χ3v) is 4.29. The first-order valence-electron chi connectivity index (χ1n) is 6.85. The standard InChI is InChI=1S/C15H22N2OS/c1-19-11-12-5-7-13(8-6-12)15(18)17-9-3-2-4-14(17)10-16/h5-8,14H,2-4,9-11,16H2,1H3/t14-/m1/s1. The van der Waals surface area contributed by atoms with E-state index in [1.807, 2.05) is 29.2 Å². The van der Waals surface area contributed by atoms with Gasteiger partial charge in [-0.2, -0.15) is 11.8 Å². The molecule has 19 heavy (non-hydrogen) atoms. The van der Waals surface area contributed by atoms with Crippen molar-refractivity contribution >= 4 is 17.7 Å². The van der Waals surface area contributed by atoms with Gasteiger partial charge in [-0.1, -0.05) is 12.1 Å². The fourth-order valence-electron chi connectivity index (χ4n) is 2.59. The third-order valence-electron chi connectivity index (χ3n) is 3.67. The van der Waals surface area contributed by atoms with Crippen LogP contribution in [0.4, 0.5) is 0 Å². The van der Waals surface area contributed by atoms with E-state index in [2.05, 4.69) is 6.26 Å². The van der Waals surface area contributed by atoms with Crippen molar-refractivity contribution < 1.29 is 4.79 Å². The van der Waals surface area contributed by atoms with Gasteiger partial charge >= 0.3 is 0 Å². The molecule has 1 saturated heterocycles. The average molecular weight is 278 g/mol. The maximum atomic E-state index is 12.5. The van der Waals surface area contributed by atoms with Gasteiger partial charge in [0.05, 0.1) is 0 Å². The van der Waals surface area contributed by atoms with Crippen LogP contribution in [0.5, 0.6) is 0 Å². The summed E-state index contributed by atoms with van der Waals surface area (Å²) < 4.78 is 0. The average Bonchev–Trinajstić information content (AvgIpc) is 2.47. The molecule has 0 saturated carbocycles. The van der Waals surface area contributed by atoms with Crippen LogP contribution in [-0.2, 0) is 5.75 Å². The van der Waals surface area contributed by atoms with Crippen molar-refractivity contribution in [3.05, 3.63) is 35.4 Å². The predicted molar refractivity (Wildman–Crippen MR) is 81.4 cm³/mol. The first kappa shape index (κ1) is 14.4. The molecule has 1 aliphatic rings. The number of nitrogens with zero attached hydrogens (tertiary/aromatic N) is 1. The number of amides is 1. The zero-order valence-corrected chi connectivity index (χ0v) is 12.3. The van der Waals surface area contributed by atoms with E-state index in [1.165, 1.54) is 12.0 Å². The lowest BCUT2D eigenvalue weighted by molar-refractivity contribution is 0.0623. The number of carbonyl (C=O) groups is 1. The predicted octanol–water partition coefficient (Wildman–Crippen LogP) is 2.50. The van der Waals surface area contributed by atoms with E-state index >= 15 is 0 Å². The van der Waals surface area contributed by atoms with Crippen molar-refractivity contribution in [1.29, 1.82) is 0 Å². The van der Waals surface area contributed by atoms with Crippen LogP contribution in [-0.4, -0.2) is 36.2 Å². The molecule has 0 aromatic heterocycles. The second-order valence-electron chi connectivity index (χ2n) is 5.01. The number of carbonyl (C=O) groups excluding carboxylic acids is 1. The molecule has 0 aliphatic carbocycles. The number of hydrogen-bond donors (Lipinski definition) is 1. The molecule has 0 bridgehead atoms. The van der Waals surface area contributed by atoms with Gasteiger partial charge in [0, 0.05) is 30.4 Å². The van der Waals surface area contributed by atoms with E-state index in [4.69, 9.17) is 5.73 Å². The van der Waals surface area contributed by atoms with Gasteiger partial charge in [0.25, 0.3) is 5.91 Å². The van der Waals surface area contributed by atoms with Gasteiger partial charge in [0.1, 0.15) is 0 Å². The van der Waals surface area contributed by atoms with Gasteiger partial charge in [0.15, 0.2) is 0 Å². The minimum atomic E-state index is 0.130. The normalized spacial score (nSPS) is 19.5. The number of hydrogen-bond acceptors (Lipinski definition) is 3. The quantitative estimate of drug-likeness (QED) is 0.920. The Bertz CT molecular complexity index is 419. The van der Waals surface area contributed by atoms with Gasteiger partial charge in [-0.15, -0.1) is 0 Å². The highest BCUT2D eigenvalue weighted by atomic mass is 32.2. The summed E-state index contributed by atoms with van der Waals surface area (Å²) >= 11 is 1.79. The highest BCUT2D eigenvalue weighted by Gasteiger charge is 2.26. The second kappa shape index (κ2) is 6.96. The summed E-state index contributed by atoms with van der Waals surface area (Å²) in [7, 11) is 0. The summed E-state index contributed by atoms with van der Waals surface area (Å²) in [5, 5.41) is 0. The van der Waals surface area contributed by atoms with E-state index in [1.54, 1.807) is 11.8 Å². The molecular formula is C15H22N2OS. The summed E-state index contributed by atoms with van der Waals surface area (Å²) in [4.78, 5) is 14.5. The first-order valence-corrected chi connectivity index (χ1v) is 8.24. The molecule has 4 heteroatoms. The Hall–Kier alpha value is -1.00. The molecule has 104 valence electrons. The molecule has 1 amide bonds. The zero-order valence-electron chi connectivity index (χ0n) is 11.5. The number of likely N-dealkylation sites (tertiary alicyclic amines) is 1. The van der Waals surface area contributed by atoms with Crippen LogP contribution in [0.25, 0.3) is 0 Å². The van der Waals surface area contributed by atoms with Gasteiger partial charge in [0.2, 0.25) is 0 Å². The Kier molecular flexibility index (Phi) is 5.28. The summed E-state index contributed by atoms with van der Waals surface area (Å²) in [6, 6.07) is 8.19. The van der Waals surface area contributed by atoms with Crippen LogP contribution >= 0.6 is 11.8 Å². The SMILES string of the molecule is CSCc1ccc(C(=O)N2CCCC[C@@H]2CN)cc1. The molecular weight excluding hydrogens is 256 g/mol. The molecule has 1 aromatic rings. The summed E-state index contributed by atoms with van der Waals surface area (Å²) in [6.45, 7) is 1.41. The van der Waals surface area contributed by atoms with Gasteiger partial charge < -0.3 is 10.6 Å². The van der Waals surface area contributed by atoms with Gasteiger partial charge in [-0.05, 0) is 43.2 Å². The minimum absolute atomic E-state index is 0.130. The molecule has 1 heterocycles. The van der Waals surface area contributed by atoms with Crippen LogP contribution in [0, 0.1) is 0 Å². The van der Waals surface area contributed by atoms with Crippen molar-refractivity contribution in [2.75, 3.05) is 19.3 Å². The minimum Gasteiger partial charge on any atom is -0.334 e. The number of benzene rings is 1. The molecule has 0 spiro atoms. The zero-order chi connectivity index (χ0) is 13.7. The first-order chi connectivity index (χ1) is 9.26. The topological polar surface area (TPSA) is 46.3 Å². The van der Waals surface area contributed by atoms with E-state index in [-0.39, 0.29) is 11.9 Å². The van der Waals surface area contributed by atoms with Crippen molar-refractivity contribution in [1.82, 2.24) is 4.90 Å². The Morgan fingerprint density at radius 2 is 2.11 bits per heavy atom. The maximum absolute atomic E-state index is 12.5. The molecule has 1 fully saturated rings. The largest absolute Gasteiger partial charge is 0.334 e. The van der Waals surface area contributed by atoms with Crippen molar-refractivity contribution in [3.8, 4) is 0 Å².